The lowest BCUT2D eigenvalue weighted by Crippen LogP contribution is -2.33. The van der Waals surface area contributed by atoms with Crippen LogP contribution in [0.25, 0.3) is 0 Å². The molecule has 0 spiro atoms. The summed E-state index contributed by atoms with van der Waals surface area (Å²) in [5.74, 6) is 0.362. The van der Waals surface area contributed by atoms with Crippen LogP contribution in [0.1, 0.15) is 24.8 Å². The summed E-state index contributed by atoms with van der Waals surface area (Å²) >= 11 is 5.92. The number of sulfonamides is 1. The third-order valence-corrected chi connectivity index (χ3v) is 5.50. The van der Waals surface area contributed by atoms with Crippen molar-refractivity contribution in [1.29, 1.82) is 0 Å². The number of rotatable bonds is 4. The highest BCUT2D eigenvalue weighted by molar-refractivity contribution is 7.89. The first-order valence-corrected chi connectivity index (χ1v) is 8.82. The minimum Gasteiger partial charge on any atom is -0.316 e. The Kier molecular flexibility index (Phi) is 5.43. The topological polar surface area (TPSA) is 58.2 Å². The fraction of sp³-hybridized carbons (Fsp3) is 0.571. The van der Waals surface area contributed by atoms with Crippen LogP contribution in [0.4, 0.5) is 0 Å². The molecule has 1 aliphatic rings. The number of benzene rings is 1. The van der Waals surface area contributed by atoms with Gasteiger partial charge in [0.15, 0.2) is 0 Å². The molecule has 0 radical (unpaired) electrons. The number of nitrogens with one attached hydrogen (secondary N) is 2. The molecule has 0 bridgehead atoms. The number of hydrogen-bond donors (Lipinski definition) is 2. The molecule has 6 heteroatoms. The van der Waals surface area contributed by atoms with Crippen molar-refractivity contribution in [1.82, 2.24) is 10.0 Å². The first kappa shape index (κ1) is 15.8. The fourth-order valence-corrected chi connectivity index (χ4v) is 3.68. The maximum atomic E-state index is 12.2. The minimum atomic E-state index is -3.45. The van der Waals surface area contributed by atoms with Gasteiger partial charge >= 0.3 is 0 Å². The van der Waals surface area contributed by atoms with Gasteiger partial charge < -0.3 is 5.32 Å². The van der Waals surface area contributed by atoms with Crippen molar-refractivity contribution in [2.75, 3.05) is 19.6 Å². The summed E-state index contributed by atoms with van der Waals surface area (Å²) in [6.45, 7) is 4.19. The van der Waals surface area contributed by atoms with E-state index in [1.807, 2.05) is 0 Å². The zero-order chi connectivity index (χ0) is 14.6. The Balaban J connectivity index is 2.01. The number of aryl methyl sites for hydroxylation is 1. The van der Waals surface area contributed by atoms with Gasteiger partial charge in [-0.15, -0.1) is 0 Å². The highest BCUT2D eigenvalue weighted by Gasteiger charge is 2.18. The van der Waals surface area contributed by atoms with Gasteiger partial charge in [-0.05, 0) is 62.5 Å². The van der Waals surface area contributed by atoms with Crippen LogP contribution < -0.4 is 10.0 Å². The maximum absolute atomic E-state index is 12.2. The second kappa shape index (κ2) is 6.89. The molecule has 1 aliphatic heterocycles. The van der Waals surface area contributed by atoms with Crippen molar-refractivity contribution in [2.24, 2.45) is 5.92 Å². The average Bonchev–Trinajstić information content (AvgIpc) is 2.68. The number of halogens is 1. The Hall–Kier alpha value is -0.620. The van der Waals surface area contributed by atoms with Crippen LogP contribution in [0.3, 0.4) is 0 Å². The lowest BCUT2D eigenvalue weighted by atomic mass is 10.0. The van der Waals surface area contributed by atoms with E-state index in [2.05, 4.69) is 10.0 Å². The van der Waals surface area contributed by atoms with E-state index in [4.69, 9.17) is 11.6 Å². The van der Waals surface area contributed by atoms with E-state index in [0.29, 0.717) is 17.5 Å². The molecular weight excluding hydrogens is 296 g/mol. The molecule has 2 N–H and O–H groups in total. The molecule has 0 amide bonds. The van der Waals surface area contributed by atoms with E-state index in [1.165, 1.54) is 6.42 Å². The quantitative estimate of drug-likeness (QED) is 0.896. The Morgan fingerprint density at radius 2 is 2.20 bits per heavy atom. The zero-order valence-electron chi connectivity index (χ0n) is 11.7. The van der Waals surface area contributed by atoms with Gasteiger partial charge in [0.25, 0.3) is 0 Å². The highest BCUT2D eigenvalue weighted by Crippen LogP contribution is 2.19. The Morgan fingerprint density at radius 1 is 1.40 bits per heavy atom. The summed E-state index contributed by atoms with van der Waals surface area (Å²) in [6, 6.07) is 4.78. The first-order valence-electron chi connectivity index (χ1n) is 6.95. The first-order chi connectivity index (χ1) is 9.49. The van der Waals surface area contributed by atoms with Crippen LogP contribution in [-0.2, 0) is 10.0 Å². The second-order valence-corrected chi connectivity index (χ2v) is 7.50. The van der Waals surface area contributed by atoms with Crippen LogP contribution in [-0.4, -0.2) is 28.1 Å². The molecule has 0 aromatic heterocycles. The predicted octanol–water partition coefficient (Wildman–Crippen LogP) is 2.32. The van der Waals surface area contributed by atoms with Gasteiger partial charge in [0.1, 0.15) is 0 Å². The third kappa shape index (κ3) is 4.19. The molecule has 1 aromatic carbocycles. The normalized spacial score (nSPS) is 20.6. The Labute approximate surface area is 126 Å². The van der Waals surface area contributed by atoms with Gasteiger partial charge in [-0.1, -0.05) is 18.0 Å². The molecule has 1 atom stereocenters. The Bertz CT molecular complexity index is 552. The zero-order valence-corrected chi connectivity index (χ0v) is 13.2. The molecule has 1 aromatic rings. The fourth-order valence-electron chi connectivity index (χ4n) is 2.36. The van der Waals surface area contributed by atoms with E-state index in [0.717, 1.165) is 31.5 Å². The summed E-state index contributed by atoms with van der Waals surface area (Å²) in [4.78, 5) is 0.279. The van der Waals surface area contributed by atoms with Crippen LogP contribution >= 0.6 is 11.6 Å². The maximum Gasteiger partial charge on any atom is 0.240 e. The molecule has 1 saturated heterocycles. The van der Waals surface area contributed by atoms with E-state index >= 15 is 0 Å². The van der Waals surface area contributed by atoms with Crippen LogP contribution in [0, 0.1) is 12.8 Å². The minimum absolute atomic E-state index is 0.279. The Morgan fingerprint density at radius 3 is 2.95 bits per heavy atom. The van der Waals surface area contributed by atoms with E-state index in [-0.39, 0.29) is 4.90 Å². The van der Waals surface area contributed by atoms with Crippen LogP contribution in [0.5, 0.6) is 0 Å². The summed E-state index contributed by atoms with van der Waals surface area (Å²) in [7, 11) is -3.45. The smallest absolute Gasteiger partial charge is 0.240 e. The summed E-state index contributed by atoms with van der Waals surface area (Å²) in [5.41, 5.74) is 0.769. The molecule has 1 fully saturated rings. The third-order valence-electron chi connectivity index (χ3n) is 3.65. The van der Waals surface area contributed by atoms with Crippen LogP contribution in [0.15, 0.2) is 23.1 Å². The van der Waals surface area contributed by atoms with Crippen molar-refractivity contribution in [3.05, 3.63) is 28.8 Å². The molecule has 1 heterocycles. The summed E-state index contributed by atoms with van der Waals surface area (Å²) in [5, 5.41) is 3.92. The monoisotopic (exact) mass is 316 g/mol. The molecule has 0 saturated carbocycles. The van der Waals surface area contributed by atoms with Gasteiger partial charge in [0.05, 0.1) is 4.90 Å². The largest absolute Gasteiger partial charge is 0.316 e. The van der Waals surface area contributed by atoms with Crippen LogP contribution in [0.2, 0.25) is 5.02 Å². The molecular formula is C14H21ClN2O2S. The molecule has 2 rings (SSSR count). The predicted molar refractivity (Wildman–Crippen MR) is 81.6 cm³/mol. The van der Waals surface area contributed by atoms with Gasteiger partial charge in [-0.3, -0.25) is 0 Å². The van der Waals surface area contributed by atoms with E-state index < -0.39 is 10.0 Å². The van der Waals surface area contributed by atoms with E-state index in [1.54, 1.807) is 25.1 Å². The molecule has 4 nitrogen and oxygen atoms in total. The molecule has 112 valence electrons. The standard InChI is InChI=1S/C14H21ClN2O2S/c1-11-8-13(5-6-14(11)15)20(18,19)17-10-12-4-2-3-7-16-9-12/h5-6,8,12,16-17H,2-4,7,9-10H2,1H3. The van der Waals surface area contributed by atoms with Crippen molar-refractivity contribution >= 4 is 21.6 Å². The molecule has 20 heavy (non-hydrogen) atoms. The summed E-state index contributed by atoms with van der Waals surface area (Å²) in [6.07, 6.45) is 3.38. The average molecular weight is 317 g/mol. The SMILES string of the molecule is Cc1cc(S(=O)(=O)NCC2CCCCNC2)ccc1Cl. The van der Waals surface area contributed by atoms with Crippen molar-refractivity contribution in [2.45, 2.75) is 31.1 Å². The van der Waals surface area contributed by atoms with Gasteiger partial charge in [0.2, 0.25) is 10.0 Å². The van der Waals surface area contributed by atoms with Crippen molar-refractivity contribution in [3.63, 3.8) is 0 Å². The van der Waals surface area contributed by atoms with Crippen molar-refractivity contribution < 1.29 is 8.42 Å². The summed E-state index contributed by atoms with van der Waals surface area (Å²) < 4.78 is 27.2. The van der Waals surface area contributed by atoms with E-state index in [9.17, 15) is 8.42 Å². The lowest BCUT2D eigenvalue weighted by molar-refractivity contribution is 0.468. The number of hydrogen-bond acceptors (Lipinski definition) is 3. The highest BCUT2D eigenvalue weighted by atomic mass is 35.5. The van der Waals surface area contributed by atoms with Gasteiger partial charge in [-0.25, -0.2) is 13.1 Å². The van der Waals surface area contributed by atoms with Crippen molar-refractivity contribution in [3.8, 4) is 0 Å². The molecule has 0 aliphatic carbocycles. The molecule has 1 unspecified atom stereocenters. The van der Waals surface area contributed by atoms with Gasteiger partial charge in [-0.2, -0.15) is 0 Å². The van der Waals surface area contributed by atoms with Gasteiger partial charge in [0, 0.05) is 11.6 Å². The second-order valence-electron chi connectivity index (χ2n) is 5.33. The lowest BCUT2D eigenvalue weighted by Gasteiger charge is -2.15.